The zero-order chi connectivity index (χ0) is 40.4. The van der Waals surface area contributed by atoms with Crippen molar-refractivity contribution in [2.45, 2.75) is 187 Å². The van der Waals surface area contributed by atoms with Crippen LogP contribution < -0.4 is 0 Å². The van der Waals surface area contributed by atoms with Gasteiger partial charge in [-0.15, -0.1) is 0 Å². The molecule has 13 heteroatoms. The van der Waals surface area contributed by atoms with E-state index in [0.717, 1.165) is 44.9 Å². The molecule has 7 aliphatic rings. The number of hydrogen-bond donors (Lipinski definition) is 8. The molecular weight excluding hydrogens is 712 g/mol. The van der Waals surface area contributed by atoms with Gasteiger partial charge >= 0.3 is 5.97 Å². The van der Waals surface area contributed by atoms with Crippen LogP contribution in [0.4, 0.5) is 0 Å². The number of fused-ring (bicyclic) bond motifs is 7. The number of ether oxygens (including phenoxy) is 4. The van der Waals surface area contributed by atoms with E-state index in [1.54, 1.807) is 0 Å². The van der Waals surface area contributed by atoms with Crippen LogP contribution in [0.3, 0.4) is 0 Å². The Kier molecular flexibility index (Phi) is 10.6. The molecule has 0 aromatic carbocycles. The van der Waals surface area contributed by atoms with Crippen LogP contribution in [0.1, 0.15) is 113 Å². The summed E-state index contributed by atoms with van der Waals surface area (Å²) >= 11 is 0. The second-order valence-electron chi connectivity index (χ2n) is 20.8. The van der Waals surface area contributed by atoms with Crippen molar-refractivity contribution in [3.8, 4) is 0 Å². The Hall–Kier alpha value is -1.23. The van der Waals surface area contributed by atoms with Crippen molar-refractivity contribution in [3.05, 3.63) is 11.6 Å². The van der Waals surface area contributed by atoms with E-state index in [-0.39, 0.29) is 40.1 Å². The Morgan fingerprint density at radius 3 is 2.11 bits per heavy atom. The first kappa shape index (κ1) is 41.9. The smallest absolute Gasteiger partial charge is 0.335 e. The van der Waals surface area contributed by atoms with Crippen LogP contribution in [-0.2, 0) is 23.7 Å². The molecule has 6 fully saturated rings. The number of carboxylic acids is 1. The van der Waals surface area contributed by atoms with Gasteiger partial charge in [0.2, 0.25) is 0 Å². The Labute approximate surface area is 325 Å². The topological polar surface area (TPSA) is 216 Å². The molecule has 2 saturated heterocycles. The van der Waals surface area contributed by atoms with E-state index in [2.05, 4.69) is 54.5 Å². The Bertz CT molecular complexity index is 1500. The lowest BCUT2D eigenvalue weighted by molar-refractivity contribution is -0.363. The maximum Gasteiger partial charge on any atom is 0.335 e. The van der Waals surface area contributed by atoms with E-state index in [9.17, 15) is 45.6 Å². The lowest BCUT2D eigenvalue weighted by Crippen LogP contribution is -2.68. The Morgan fingerprint density at radius 2 is 1.45 bits per heavy atom. The van der Waals surface area contributed by atoms with Crippen molar-refractivity contribution in [1.82, 2.24) is 0 Å². The van der Waals surface area contributed by atoms with E-state index in [1.165, 1.54) is 12.5 Å². The Balaban J connectivity index is 1.13. The number of carboxylic acid groups (broad SMARTS) is 1. The predicted molar refractivity (Wildman–Crippen MR) is 198 cm³/mol. The van der Waals surface area contributed by atoms with Crippen LogP contribution in [0, 0.1) is 50.2 Å². The summed E-state index contributed by atoms with van der Waals surface area (Å²) in [6.45, 7) is 17.7. The minimum atomic E-state index is -1.87. The molecule has 0 radical (unpaired) electrons. The molecule has 7 rings (SSSR count). The number of aliphatic carboxylic acids is 1. The molecule has 1 unspecified atom stereocenters. The maximum absolute atomic E-state index is 12.3. The highest BCUT2D eigenvalue weighted by molar-refractivity contribution is 5.73. The van der Waals surface area contributed by atoms with Gasteiger partial charge in [0.25, 0.3) is 0 Å². The normalized spacial score (nSPS) is 54.5. The van der Waals surface area contributed by atoms with Gasteiger partial charge in [-0.25, -0.2) is 4.79 Å². The van der Waals surface area contributed by atoms with Crippen LogP contribution in [0.2, 0.25) is 0 Å². The minimum Gasteiger partial charge on any atom is -0.479 e. The third kappa shape index (κ3) is 6.15. The molecule has 314 valence electrons. The van der Waals surface area contributed by atoms with Crippen LogP contribution in [0.25, 0.3) is 0 Å². The second kappa shape index (κ2) is 13.9. The van der Waals surface area contributed by atoms with Gasteiger partial charge < -0.3 is 59.8 Å². The fourth-order valence-electron chi connectivity index (χ4n) is 13.7. The lowest BCUT2D eigenvalue weighted by Gasteiger charge is -2.72. The quantitative estimate of drug-likeness (QED) is 0.144. The number of aliphatic hydroxyl groups excluding tert-OH is 7. The van der Waals surface area contributed by atoms with Crippen LogP contribution in [0.5, 0.6) is 0 Å². The van der Waals surface area contributed by atoms with Crippen molar-refractivity contribution in [2.75, 3.05) is 6.61 Å². The van der Waals surface area contributed by atoms with Crippen molar-refractivity contribution in [1.29, 1.82) is 0 Å². The van der Waals surface area contributed by atoms with Crippen molar-refractivity contribution >= 4 is 5.97 Å². The molecular formula is C42H68O13. The average molecular weight is 781 g/mol. The van der Waals surface area contributed by atoms with Crippen LogP contribution in [0.15, 0.2) is 11.6 Å². The molecule has 2 heterocycles. The molecule has 13 nitrogen and oxygen atoms in total. The molecule has 0 spiro atoms. The molecule has 19 atom stereocenters. The van der Waals surface area contributed by atoms with Crippen molar-refractivity contribution < 1.29 is 64.6 Å². The van der Waals surface area contributed by atoms with Gasteiger partial charge in [-0.3, -0.25) is 0 Å². The molecule has 55 heavy (non-hydrogen) atoms. The van der Waals surface area contributed by atoms with E-state index in [4.69, 9.17) is 18.9 Å². The number of carbonyl (C=O) groups is 1. The summed E-state index contributed by atoms with van der Waals surface area (Å²) in [7, 11) is 0. The standard InChI is InChI=1S/C42H68O13/c1-20-27(45)28(46)29(47)35(52-20)54-32-30(48)33(34(50)51)55-36(31(32)49)53-26-12-13-39(6)23(38(26,4)5)11-14-40(7)24(39)10-9-21-22-17-37(2,3)15-16-42(22,19-43)25(44)18-41(21,40)8/h9,20,22-33,35-36,43-49H,10-19H2,1-8H3,(H,50,51)/t20-,22-,23-,24+,25-,26-,27-,28+,29+,30-,31+,32-,33-,35-,36?,39-,40+,41+,42+/m0/s1. The molecule has 0 amide bonds. The van der Waals surface area contributed by atoms with Gasteiger partial charge in [0.05, 0.1) is 24.9 Å². The largest absolute Gasteiger partial charge is 0.479 e. The highest BCUT2D eigenvalue weighted by Gasteiger charge is 2.70. The van der Waals surface area contributed by atoms with Crippen LogP contribution >= 0.6 is 0 Å². The average Bonchev–Trinajstić information content (AvgIpc) is 3.10. The number of aliphatic hydroxyl groups is 7. The third-order valence-electron chi connectivity index (χ3n) is 17.3. The van der Waals surface area contributed by atoms with Crippen molar-refractivity contribution in [2.24, 2.45) is 50.2 Å². The highest BCUT2D eigenvalue weighted by Crippen LogP contribution is 2.76. The number of allylic oxidation sites excluding steroid dienone is 2. The van der Waals surface area contributed by atoms with E-state index in [1.807, 2.05) is 0 Å². The van der Waals surface area contributed by atoms with E-state index >= 15 is 0 Å². The fourth-order valence-corrected chi connectivity index (χ4v) is 13.7. The first-order chi connectivity index (χ1) is 25.5. The first-order valence-electron chi connectivity index (χ1n) is 20.7. The molecule has 0 bridgehead atoms. The Morgan fingerprint density at radius 1 is 0.782 bits per heavy atom. The zero-order valence-electron chi connectivity index (χ0n) is 33.9. The molecule has 0 aromatic heterocycles. The van der Waals surface area contributed by atoms with Gasteiger partial charge in [-0.05, 0) is 110 Å². The summed E-state index contributed by atoms with van der Waals surface area (Å²) in [4.78, 5) is 12.3. The van der Waals surface area contributed by atoms with Gasteiger partial charge in [0, 0.05) is 5.41 Å². The maximum atomic E-state index is 12.3. The van der Waals surface area contributed by atoms with Gasteiger partial charge in [-0.2, -0.15) is 0 Å². The summed E-state index contributed by atoms with van der Waals surface area (Å²) in [5.74, 6) is -0.841. The highest BCUT2D eigenvalue weighted by atomic mass is 16.7. The fraction of sp³-hybridized carbons (Fsp3) is 0.929. The SMILES string of the molecule is C[C@@H]1O[C@@H](O[C@H]2[C@H](O)[C@@H](C(=O)O)OC(O[C@H]3CC[C@]4(C)[C@H]5CC=C6[C@@H]7CC(C)(C)CC[C@]7(CO)[C@@H](O)C[C@@]6(C)[C@]5(C)CC[C@H]4C3(C)C)[C@@H]2O)[C@H](O)[C@H](O)[C@H]1O. The molecule has 2 aliphatic heterocycles. The summed E-state index contributed by atoms with van der Waals surface area (Å²) in [5.41, 5.74) is 0.195. The zero-order valence-corrected chi connectivity index (χ0v) is 33.9. The second-order valence-corrected chi connectivity index (χ2v) is 20.8. The lowest BCUT2D eigenvalue weighted by atomic mass is 9.33. The van der Waals surface area contributed by atoms with E-state index < -0.39 is 90.4 Å². The summed E-state index contributed by atoms with van der Waals surface area (Å²) in [6.07, 6.45) is -6.75. The number of hydrogen-bond acceptors (Lipinski definition) is 12. The van der Waals surface area contributed by atoms with Gasteiger partial charge in [-0.1, -0.05) is 60.1 Å². The molecule has 5 aliphatic carbocycles. The van der Waals surface area contributed by atoms with Gasteiger partial charge in [0.1, 0.15) is 36.6 Å². The van der Waals surface area contributed by atoms with Gasteiger partial charge in [0.15, 0.2) is 18.7 Å². The third-order valence-corrected chi connectivity index (χ3v) is 17.3. The minimum absolute atomic E-state index is 0.000922. The van der Waals surface area contributed by atoms with Crippen LogP contribution in [-0.4, -0.2) is 127 Å². The van der Waals surface area contributed by atoms with Crippen molar-refractivity contribution in [3.63, 3.8) is 0 Å². The first-order valence-corrected chi connectivity index (χ1v) is 20.7. The molecule has 4 saturated carbocycles. The summed E-state index contributed by atoms with van der Waals surface area (Å²) in [5, 5.41) is 86.6. The monoisotopic (exact) mass is 780 g/mol. The molecule has 8 N–H and O–H groups in total. The summed E-state index contributed by atoms with van der Waals surface area (Å²) in [6, 6.07) is 0. The van der Waals surface area contributed by atoms with E-state index in [0.29, 0.717) is 18.8 Å². The molecule has 0 aromatic rings. The predicted octanol–water partition coefficient (Wildman–Crippen LogP) is 2.88. The number of rotatable bonds is 6. The summed E-state index contributed by atoms with van der Waals surface area (Å²) < 4.78 is 23.7.